The minimum Gasteiger partial charge on any atom is 0 e. The molecule has 0 rings (SSSR count). The fourth-order valence-electron chi connectivity index (χ4n) is 0. The van der Waals surface area contributed by atoms with Gasteiger partial charge in [0.05, 0.1) is 0 Å². The van der Waals surface area contributed by atoms with Crippen molar-refractivity contribution in [1.82, 2.24) is 0 Å². The topological polar surface area (TPSA) is 0 Å². The third-order valence-corrected chi connectivity index (χ3v) is 0. The molecule has 0 saturated carbocycles. The molecule has 0 saturated heterocycles. The van der Waals surface area contributed by atoms with E-state index in [2.05, 4.69) is 0 Å². The summed E-state index contributed by atoms with van der Waals surface area (Å²) in [5.41, 5.74) is 0. The van der Waals surface area contributed by atoms with E-state index in [1.165, 1.54) is 0 Å². The van der Waals surface area contributed by atoms with Gasteiger partial charge in [-0.1, -0.05) is 0 Å². The van der Waals surface area contributed by atoms with Crippen molar-refractivity contribution >= 4 is 69.4 Å². The summed E-state index contributed by atoms with van der Waals surface area (Å²) in [4.78, 5) is 0. The second-order valence-corrected chi connectivity index (χ2v) is 0. The minimum atomic E-state index is 0. The summed E-state index contributed by atoms with van der Waals surface area (Å²) in [5.74, 6) is 0. The Balaban J connectivity index is 0. The maximum absolute atomic E-state index is 0. The predicted octanol–water partition coefficient (Wildman–Crippen LogP) is -4.74. The fraction of sp³-hybridized carbons (Fsp3) is 0. The van der Waals surface area contributed by atoms with Crippen molar-refractivity contribution in [3.8, 4) is 0 Å². The largest absolute Gasteiger partial charge is 0.187 e. The van der Waals surface area contributed by atoms with Crippen LogP contribution in [0.4, 0.5) is 0 Å². The van der Waals surface area contributed by atoms with Crippen molar-refractivity contribution < 1.29 is 21.1 Å². The molecule has 0 aliphatic rings. The zero-order valence-corrected chi connectivity index (χ0v) is 2.59. The second-order valence-electron chi connectivity index (χ2n) is 0. The van der Waals surface area contributed by atoms with Crippen LogP contribution in [0.2, 0.25) is 0 Å². The maximum Gasteiger partial charge on any atom is 0.187 e. The van der Waals surface area contributed by atoms with Crippen LogP contribution in [0.25, 0.3) is 0 Å². The molecule has 34 valence electrons. The smallest absolute Gasteiger partial charge is 0 e. The quantitative estimate of drug-likeness (QED) is 0.394. The maximum atomic E-state index is 0. The summed E-state index contributed by atoms with van der Waals surface area (Å²) in [6.07, 6.45) is 0. The van der Waals surface area contributed by atoms with E-state index in [0.29, 0.717) is 0 Å². The molecule has 0 aliphatic carbocycles. The molecule has 0 spiro atoms. The van der Waals surface area contributed by atoms with E-state index in [4.69, 9.17) is 0 Å². The van der Waals surface area contributed by atoms with Crippen LogP contribution in [0.5, 0.6) is 0 Å². The van der Waals surface area contributed by atoms with Gasteiger partial charge in [0.15, 0.2) is 69.4 Å². The van der Waals surface area contributed by atoms with Crippen LogP contribution in [0.3, 0.4) is 0 Å². The normalized spacial score (nSPS) is 0. The Kier molecular flexibility index (Phi) is 266. The van der Waals surface area contributed by atoms with E-state index in [-0.39, 0.29) is 90.5 Å². The predicted molar refractivity (Wildman–Crippen MR) is 39.8 cm³/mol. The van der Waals surface area contributed by atoms with Crippen LogP contribution in [-0.4, -0.2) is 69.4 Å². The van der Waals surface area contributed by atoms with E-state index >= 15 is 0 Å². The summed E-state index contributed by atoms with van der Waals surface area (Å²) in [6, 6.07) is 0. The molecule has 0 nitrogen and oxygen atoms in total. The number of rotatable bonds is 0. The van der Waals surface area contributed by atoms with Gasteiger partial charge in [0.25, 0.3) is 0 Å². The Morgan fingerprint density at radius 2 is 0.400 bits per heavy atom. The molecule has 0 atom stereocenters. The average molecular weight is 315 g/mol. The van der Waals surface area contributed by atoms with Gasteiger partial charge in [-0.3, -0.25) is 0 Å². The first-order valence-electron chi connectivity index (χ1n) is 0. The van der Waals surface area contributed by atoms with E-state index in [1.807, 2.05) is 0 Å². The Hall–Kier alpha value is 2.82. The third kappa shape index (κ3) is 19.9. The number of hydrogen-bond donors (Lipinski definition) is 0. The van der Waals surface area contributed by atoms with Gasteiger partial charge < -0.3 is 0 Å². The molecule has 0 aromatic rings. The van der Waals surface area contributed by atoms with Crippen molar-refractivity contribution in [2.45, 2.75) is 0 Å². The molecule has 0 bridgehead atoms. The van der Waals surface area contributed by atoms with E-state index in [0.717, 1.165) is 0 Å². The van der Waals surface area contributed by atoms with Gasteiger partial charge in [-0.2, -0.15) is 0 Å². The first kappa shape index (κ1) is 45.8. The van der Waals surface area contributed by atoms with Crippen LogP contribution >= 0.6 is 0 Å². The fourth-order valence-corrected chi connectivity index (χ4v) is 0. The Morgan fingerprint density at radius 3 is 0.400 bits per heavy atom. The third-order valence-electron chi connectivity index (χ3n) is 0. The summed E-state index contributed by atoms with van der Waals surface area (Å²) < 4.78 is 0. The standard InChI is InChI=1S/4Al.Pt.12H. The van der Waals surface area contributed by atoms with Gasteiger partial charge in [0, 0.05) is 21.1 Å². The Labute approximate surface area is 89.3 Å². The second kappa shape index (κ2) is 29.1. The molecule has 0 aromatic carbocycles. The van der Waals surface area contributed by atoms with E-state index < -0.39 is 0 Å². The van der Waals surface area contributed by atoms with Gasteiger partial charge in [0.2, 0.25) is 0 Å². The van der Waals surface area contributed by atoms with Gasteiger partial charge in [-0.25, -0.2) is 0 Å². The molecule has 0 fully saturated rings. The molecule has 0 radical (unpaired) electrons. The Morgan fingerprint density at radius 1 is 0.400 bits per heavy atom. The molecule has 0 aromatic heterocycles. The molecular formula is H12Al4Pt. The molecule has 0 heterocycles. The van der Waals surface area contributed by atoms with Gasteiger partial charge in [-0.15, -0.1) is 0 Å². The summed E-state index contributed by atoms with van der Waals surface area (Å²) >= 11 is 0. The van der Waals surface area contributed by atoms with Gasteiger partial charge in [0.1, 0.15) is 0 Å². The minimum absolute atomic E-state index is 0. The van der Waals surface area contributed by atoms with Crippen LogP contribution < -0.4 is 0 Å². The van der Waals surface area contributed by atoms with Crippen molar-refractivity contribution in [2.24, 2.45) is 0 Å². The molecule has 0 N–H and O–H groups in total. The zero-order valence-electron chi connectivity index (χ0n) is 0.316. The van der Waals surface area contributed by atoms with Gasteiger partial charge in [-0.05, 0) is 0 Å². The number of hydrogen-bond acceptors (Lipinski definition) is 0. The molecular weight excluding hydrogens is 303 g/mol. The first-order chi connectivity index (χ1) is 0. The summed E-state index contributed by atoms with van der Waals surface area (Å²) in [6.45, 7) is 0. The Bertz CT molecular complexity index is 3.61. The SMILES string of the molecule is [AlH3].[AlH3].[AlH3].[AlH3].[Pt]. The molecule has 5 heteroatoms. The van der Waals surface area contributed by atoms with Crippen LogP contribution in [0.15, 0.2) is 0 Å². The van der Waals surface area contributed by atoms with E-state index in [1.54, 1.807) is 0 Å². The van der Waals surface area contributed by atoms with Crippen molar-refractivity contribution in [3.63, 3.8) is 0 Å². The van der Waals surface area contributed by atoms with Crippen molar-refractivity contribution in [3.05, 3.63) is 0 Å². The van der Waals surface area contributed by atoms with Crippen LogP contribution in [0, 0.1) is 0 Å². The zero-order chi connectivity index (χ0) is 0. The van der Waals surface area contributed by atoms with Crippen molar-refractivity contribution in [1.29, 1.82) is 0 Å². The van der Waals surface area contributed by atoms with Gasteiger partial charge >= 0.3 is 0 Å². The summed E-state index contributed by atoms with van der Waals surface area (Å²) in [7, 11) is 0. The van der Waals surface area contributed by atoms with Crippen LogP contribution in [-0.2, 0) is 21.1 Å². The monoisotopic (exact) mass is 315 g/mol. The van der Waals surface area contributed by atoms with Crippen LogP contribution in [0.1, 0.15) is 0 Å². The average Bonchev–Trinajstić information content (AvgIpc) is 0. The van der Waals surface area contributed by atoms with Crippen molar-refractivity contribution in [2.75, 3.05) is 0 Å². The molecule has 0 aliphatic heterocycles. The van der Waals surface area contributed by atoms with E-state index in [9.17, 15) is 0 Å². The first-order valence-corrected chi connectivity index (χ1v) is 0. The molecule has 0 amide bonds. The summed E-state index contributed by atoms with van der Waals surface area (Å²) in [5, 5.41) is 0. The molecule has 0 unspecified atom stereocenters. The molecule has 5 heavy (non-hydrogen) atoms.